The molecule has 0 spiro atoms. The van der Waals surface area contributed by atoms with Gasteiger partial charge in [0, 0.05) is 11.1 Å². The molecule has 6 heteroatoms. The van der Waals surface area contributed by atoms with Crippen molar-refractivity contribution in [1.29, 1.82) is 0 Å². The summed E-state index contributed by atoms with van der Waals surface area (Å²) >= 11 is 6.90. The van der Waals surface area contributed by atoms with Crippen molar-refractivity contribution in [2.45, 2.75) is 19.9 Å². The first-order valence-corrected chi connectivity index (χ1v) is 7.17. The van der Waals surface area contributed by atoms with Crippen molar-refractivity contribution in [2.75, 3.05) is 0 Å². The third-order valence-corrected chi connectivity index (χ3v) is 4.51. The summed E-state index contributed by atoms with van der Waals surface area (Å²) < 4.78 is 16.2. The van der Waals surface area contributed by atoms with Gasteiger partial charge in [0.1, 0.15) is 16.3 Å². The topological polar surface area (TPSA) is 33.6 Å². The van der Waals surface area contributed by atoms with Gasteiger partial charge in [0.15, 0.2) is 4.77 Å². The van der Waals surface area contributed by atoms with Crippen LogP contribution < -0.4 is 0 Å². The molecule has 0 aliphatic heterocycles. The summed E-state index contributed by atoms with van der Waals surface area (Å²) in [5.41, 5.74) is 2.21. The smallest absolute Gasteiger partial charge is 0.178 e. The van der Waals surface area contributed by atoms with E-state index in [1.807, 2.05) is 29.9 Å². The number of halogens is 1. The fourth-order valence-electron chi connectivity index (χ4n) is 2.17. The van der Waals surface area contributed by atoms with Gasteiger partial charge in [-0.05, 0) is 38.2 Å². The molecule has 3 aromatic rings. The van der Waals surface area contributed by atoms with E-state index in [1.54, 1.807) is 17.4 Å². The average Bonchev–Trinajstić information content (AvgIpc) is 2.93. The van der Waals surface area contributed by atoms with Crippen molar-refractivity contribution in [1.82, 2.24) is 14.5 Å². The van der Waals surface area contributed by atoms with Crippen LogP contribution in [0.15, 0.2) is 23.6 Å². The second-order valence-corrected chi connectivity index (χ2v) is 5.71. The van der Waals surface area contributed by atoms with Gasteiger partial charge < -0.3 is 9.55 Å². The molecule has 0 aliphatic rings. The highest BCUT2D eigenvalue weighted by Crippen LogP contribution is 2.27. The number of thiazole rings is 1. The number of hydrogen-bond donors (Lipinski definition) is 1. The summed E-state index contributed by atoms with van der Waals surface area (Å²) in [4.78, 5) is 7.41. The standard InChI is InChI=1S/C13H12FN3S2/c1-7-6-19-12(15-7)8(2)17-10-5-3-4-9(14)11(10)16-13(17)18/h3-6,8H,1-2H3,(H,16,18). The number of aromatic nitrogens is 3. The highest BCUT2D eigenvalue weighted by Gasteiger charge is 2.17. The number of fused-ring (bicyclic) bond motifs is 1. The van der Waals surface area contributed by atoms with Crippen LogP contribution in [-0.4, -0.2) is 14.5 Å². The van der Waals surface area contributed by atoms with Crippen molar-refractivity contribution in [2.24, 2.45) is 0 Å². The minimum Gasteiger partial charge on any atom is -0.328 e. The number of benzene rings is 1. The molecule has 2 aromatic heterocycles. The monoisotopic (exact) mass is 293 g/mol. The van der Waals surface area contributed by atoms with E-state index in [2.05, 4.69) is 9.97 Å². The van der Waals surface area contributed by atoms with E-state index in [0.717, 1.165) is 16.2 Å². The molecular weight excluding hydrogens is 281 g/mol. The number of aryl methyl sites for hydroxylation is 1. The lowest BCUT2D eigenvalue weighted by Gasteiger charge is -2.11. The highest BCUT2D eigenvalue weighted by molar-refractivity contribution is 7.71. The zero-order chi connectivity index (χ0) is 13.6. The van der Waals surface area contributed by atoms with Crippen LogP contribution in [-0.2, 0) is 0 Å². The molecule has 3 nitrogen and oxygen atoms in total. The lowest BCUT2D eigenvalue weighted by atomic mass is 10.2. The van der Waals surface area contributed by atoms with Gasteiger partial charge in [0.2, 0.25) is 0 Å². The molecule has 19 heavy (non-hydrogen) atoms. The van der Waals surface area contributed by atoms with Crippen LogP contribution >= 0.6 is 23.6 Å². The number of imidazole rings is 1. The maximum absolute atomic E-state index is 13.7. The van der Waals surface area contributed by atoms with Crippen LogP contribution in [0.25, 0.3) is 11.0 Å². The maximum atomic E-state index is 13.7. The lowest BCUT2D eigenvalue weighted by molar-refractivity contribution is 0.636. The molecule has 0 saturated heterocycles. The number of nitrogens with zero attached hydrogens (tertiary/aromatic N) is 2. The first-order chi connectivity index (χ1) is 9.08. The molecule has 1 N–H and O–H groups in total. The first kappa shape index (κ1) is 12.5. The molecule has 0 amide bonds. The van der Waals surface area contributed by atoms with Gasteiger partial charge in [0.05, 0.1) is 11.6 Å². The zero-order valence-corrected chi connectivity index (χ0v) is 12.1. The maximum Gasteiger partial charge on any atom is 0.178 e. The number of para-hydroxylation sites is 1. The van der Waals surface area contributed by atoms with Crippen molar-refractivity contribution >= 4 is 34.6 Å². The van der Waals surface area contributed by atoms with E-state index in [4.69, 9.17) is 12.2 Å². The molecular formula is C13H12FN3S2. The second kappa shape index (κ2) is 4.54. The summed E-state index contributed by atoms with van der Waals surface area (Å²) in [6.07, 6.45) is 0. The Balaban J connectivity index is 2.23. The van der Waals surface area contributed by atoms with Gasteiger partial charge >= 0.3 is 0 Å². The van der Waals surface area contributed by atoms with Crippen LogP contribution in [0.3, 0.4) is 0 Å². The molecule has 1 atom stereocenters. The van der Waals surface area contributed by atoms with Crippen molar-refractivity contribution in [3.05, 3.63) is 44.9 Å². The van der Waals surface area contributed by atoms with Gasteiger partial charge in [-0.3, -0.25) is 0 Å². The molecule has 0 bridgehead atoms. The Labute approximate surface area is 118 Å². The Hall–Kier alpha value is -1.53. The first-order valence-electron chi connectivity index (χ1n) is 5.88. The second-order valence-electron chi connectivity index (χ2n) is 4.44. The fraction of sp³-hybridized carbons (Fsp3) is 0.231. The molecule has 0 fully saturated rings. The Morgan fingerprint density at radius 3 is 2.95 bits per heavy atom. The van der Waals surface area contributed by atoms with E-state index in [-0.39, 0.29) is 11.9 Å². The fourth-order valence-corrected chi connectivity index (χ4v) is 3.37. The summed E-state index contributed by atoms with van der Waals surface area (Å²) in [6.45, 7) is 3.98. The number of nitrogens with one attached hydrogen (secondary N) is 1. The Bertz CT molecular complexity index is 800. The summed E-state index contributed by atoms with van der Waals surface area (Å²) in [7, 11) is 0. The van der Waals surface area contributed by atoms with Crippen LogP contribution in [0, 0.1) is 17.5 Å². The lowest BCUT2D eigenvalue weighted by Crippen LogP contribution is -2.06. The van der Waals surface area contributed by atoms with Crippen molar-refractivity contribution < 1.29 is 4.39 Å². The largest absolute Gasteiger partial charge is 0.328 e. The van der Waals surface area contributed by atoms with Gasteiger partial charge in [-0.2, -0.15) is 0 Å². The normalized spacial score (nSPS) is 13.0. The zero-order valence-electron chi connectivity index (χ0n) is 10.5. The SMILES string of the molecule is Cc1csc(C(C)n2c(=S)[nH]c3c(F)cccc32)n1. The third kappa shape index (κ3) is 2.01. The van der Waals surface area contributed by atoms with E-state index in [9.17, 15) is 4.39 Å². The Kier molecular flexibility index (Phi) is 2.99. The number of H-pyrrole nitrogens is 1. The third-order valence-electron chi connectivity index (χ3n) is 3.08. The van der Waals surface area contributed by atoms with E-state index in [0.29, 0.717) is 10.3 Å². The van der Waals surface area contributed by atoms with Gasteiger partial charge in [-0.15, -0.1) is 11.3 Å². The van der Waals surface area contributed by atoms with Crippen LogP contribution in [0.4, 0.5) is 4.39 Å². The molecule has 0 saturated carbocycles. The molecule has 1 unspecified atom stereocenters. The molecule has 0 aliphatic carbocycles. The molecule has 1 aromatic carbocycles. The summed E-state index contributed by atoms with van der Waals surface area (Å²) in [5, 5.41) is 2.98. The van der Waals surface area contributed by atoms with Gasteiger partial charge in [0.25, 0.3) is 0 Å². The van der Waals surface area contributed by atoms with Crippen LogP contribution in [0.5, 0.6) is 0 Å². The van der Waals surface area contributed by atoms with Gasteiger partial charge in [-0.25, -0.2) is 9.37 Å². The number of aromatic amines is 1. The summed E-state index contributed by atoms with van der Waals surface area (Å²) in [5.74, 6) is -0.287. The van der Waals surface area contributed by atoms with Crippen molar-refractivity contribution in [3.63, 3.8) is 0 Å². The predicted molar refractivity (Wildman–Crippen MR) is 77.7 cm³/mol. The molecule has 98 valence electrons. The van der Waals surface area contributed by atoms with E-state index in [1.165, 1.54) is 6.07 Å². The van der Waals surface area contributed by atoms with Crippen LogP contribution in [0.2, 0.25) is 0 Å². The van der Waals surface area contributed by atoms with E-state index >= 15 is 0 Å². The Morgan fingerprint density at radius 2 is 2.26 bits per heavy atom. The highest BCUT2D eigenvalue weighted by atomic mass is 32.1. The number of rotatable bonds is 2. The minimum absolute atomic E-state index is 0.0123. The molecule has 2 heterocycles. The van der Waals surface area contributed by atoms with Crippen molar-refractivity contribution in [3.8, 4) is 0 Å². The Morgan fingerprint density at radius 1 is 1.47 bits per heavy atom. The predicted octanol–water partition coefficient (Wildman–Crippen LogP) is 4.21. The summed E-state index contributed by atoms with van der Waals surface area (Å²) in [6, 6.07) is 4.97. The van der Waals surface area contributed by atoms with E-state index < -0.39 is 0 Å². The molecule has 0 radical (unpaired) electrons. The molecule has 3 rings (SSSR count). The average molecular weight is 293 g/mol. The quantitative estimate of drug-likeness (QED) is 0.718. The number of hydrogen-bond acceptors (Lipinski definition) is 3. The minimum atomic E-state index is -0.287. The van der Waals surface area contributed by atoms with Crippen LogP contribution in [0.1, 0.15) is 23.7 Å². The van der Waals surface area contributed by atoms with Gasteiger partial charge in [-0.1, -0.05) is 6.07 Å².